The van der Waals surface area contributed by atoms with Crippen molar-refractivity contribution in [2.75, 3.05) is 6.54 Å². The number of amides is 2. The van der Waals surface area contributed by atoms with E-state index in [1.807, 2.05) is 30.3 Å². The molecule has 0 aromatic heterocycles. The van der Waals surface area contributed by atoms with Crippen LogP contribution in [0.25, 0.3) is 0 Å². The van der Waals surface area contributed by atoms with Crippen LogP contribution >= 0.6 is 0 Å². The van der Waals surface area contributed by atoms with Crippen molar-refractivity contribution in [2.24, 2.45) is 11.7 Å². The van der Waals surface area contributed by atoms with Gasteiger partial charge in [0.25, 0.3) is 0 Å². The monoisotopic (exact) mass is 246 g/mol. The number of benzene rings is 1. The number of nitrogens with two attached hydrogens (primary N) is 1. The van der Waals surface area contributed by atoms with Gasteiger partial charge < -0.3 is 5.73 Å². The van der Waals surface area contributed by atoms with Gasteiger partial charge in [0, 0.05) is 18.9 Å². The molecule has 2 unspecified atom stereocenters. The number of likely N-dealkylation sites (tertiary alicyclic amines) is 1. The zero-order valence-electron chi connectivity index (χ0n) is 10.5. The van der Waals surface area contributed by atoms with Crippen LogP contribution in [0.3, 0.4) is 0 Å². The van der Waals surface area contributed by atoms with E-state index in [1.54, 1.807) is 6.92 Å². The van der Waals surface area contributed by atoms with E-state index in [2.05, 4.69) is 0 Å². The molecule has 1 aliphatic rings. The molecule has 96 valence electrons. The van der Waals surface area contributed by atoms with E-state index in [0.29, 0.717) is 19.4 Å². The van der Waals surface area contributed by atoms with Crippen LogP contribution in [-0.2, 0) is 16.0 Å². The standard InChI is InChI=1S/C14H18N2O2/c1-10-7-13(17)16(14(10)18)12(9-15)8-11-5-3-2-4-6-11/h2-6,10,12H,7-9,15H2,1H3. The maximum Gasteiger partial charge on any atom is 0.232 e. The molecule has 4 heteroatoms. The summed E-state index contributed by atoms with van der Waals surface area (Å²) in [5.74, 6) is -0.396. The summed E-state index contributed by atoms with van der Waals surface area (Å²) in [5, 5.41) is 0. The van der Waals surface area contributed by atoms with Crippen LogP contribution < -0.4 is 5.73 Å². The van der Waals surface area contributed by atoms with Crippen molar-refractivity contribution in [1.82, 2.24) is 4.90 Å². The molecule has 0 radical (unpaired) electrons. The second-order valence-electron chi connectivity index (χ2n) is 4.79. The van der Waals surface area contributed by atoms with Gasteiger partial charge >= 0.3 is 0 Å². The SMILES string of the molecule is CC1CC(=O)N(C(CN)Cc2ccccc2)C1=O. The van der Waals surface area contributed by atoms with Crippen molar-refractivity contribution >= 4 is 11.8 Å². The highest BCUT2D eigenvalue weighted by molar-refractivity contribution is 6.03. The molecule has 0 spiro atoms. The molecule has 0 saturated carbocycles. The van der Waals surface area contributed by atoms with E-state index < -0.39 is 0 Å². The minimum absolute atomic E-state index is 0.0913. The summed E-state index contributed by atoms with van der Waals surface area (Å²) in [5.41, 5.74) is 6.82. The normalized spacial score (nSPS) is 21.4. The lowest BCUT2D eigenvalue weighted by Gasteiger charge is -2.25. The summed E-state index contributed by atoms with van der Waals surface area (Å²) >= 11 is 0. The Morgan fingerprint density at radius 1 is 1.33 bits per heavy atom. The molecule has 2 N–H and O–H groups in total. The zero-order valence-corrected chi connectivity index (χ0v) is 10.5. The number of imide groups is 1. The molecule has 2 amide bonds. The van der Waals surface area contributed by atoms with Crippen molar-refractivity contribution < 1.29 is 9.59 Å². The molecule has 0 bridgehead atoms. The molecule has 1 aromatic carbocycles. The molecule has 2 rings (SSSR count). The van der Waals surface area contributed by atoms with Crippen LogP contribution in [0.4, 0.5) is 0 Å². The maximum atomic E-state index is 12.0. The summed E-state index contributed by atoms with van der Waals surface area (Å²) < 4.78 is 0. The first-order chi connectivity index (χ1) is 8.63. The highest BCUT2D eigenvalue weighted by Gasteiger charge is 2.39. The minimum atomic E-state index is -0.225. The first-order valence-electron chi connectivity index (χ1n) is 6.23. The Morgan fingerprint density at radius 3 is 2.50 bits per heavy atom. The average molecular weight is 246 g/mol. The van der Waals surface area contributed by atoms with Gasteiger partial charge in [0.05, 0.1) is 6.04 Å². The van der Waals surface area contributed by atoms with Crippen molar-refractivity contribution in [2.45, 2.75) is 25.8 Å². The van der Waals surface area contributed by atoms with Gasteiger partial charge in [-0.05, 0) is 12.0 Å². The van der Waals surface area contributed by atoms with Gasteiger partial charge in [-0.2, -0.15) is 0 Å². The van der Waals surface area contributed by atoms with Crippen LogP contribution in [0.1, 0.15) is 18.9 Å². The Morgan fingerprint density at radius 2 is 2.00 bits per heavy atom. The lowest BCUT2D eigenvalue weighted by Crippen LogP contribution is -2.45. The molecule has 0 aliphatic carbocycles. The van der Waals surface area contributed by atoms with Gasteiger partial charge in [0.2, 0.25) is 11.8 Å². The van der Waals surface area contributed by atoms with Crippen molar-refractivity contribution in [3.63, 3.8) is 0 Å². The second kappa shape index (κ2) is 5.31. The van der Waals surface area contributed by atoms with E-state index >= 15 is 0 Å². The Balaban J connectivity index is 2.14. The highest BCUT2D eigenvalue weighted by Crippen LogP contribution is 2.22. The topological polar surface area (TPSA) is 63.4 Å². The molecule has 2 atom stereocenters. The number of hydrogen-bond donors (Lipinski definition) is 1. The molecule has 1 aliphatic heterocycles. The van der Waals surface area contributed by atoms with Crippen LogP contribution in [0.2, 0.25) is 0 Å². The number of carbonyl (C=O) groups excluding carboxylic acids is 2. The zero-order chi connectivity index (χ0) is 13.1. The maximum absolute atomic E-state index is 12.0. The largest absolute Gasteiger partial charge is 0.328 e. The first-order valence-corrected chi connectivity index (χ1v) is 6.23. The minimum Gasteiger partial charge on any atom is -0.328 e. The van der Waals surface area contributed by atoms with E-state index in [0.717, 1.165) is 5.56 Å². The highest BCUT2D eigenvalue weighted by atomic mass is 16.2. The van der Waals surface area contributed by atoms with Crippen LogP contribution in [0, 0.1) is 5.92 Å². The summed E-state index contributed by atoms with van der Waals surface area (Å²) in [6, 6.07) is 9.57. The fraction of sp³-hybridized carbons (Fsp3) is 0.429. The summed E-state index contributed by atoms with van der Waals surface area (Å²) in [7, 11) is 0. The van der Waals surface area contributed by atoms with Crippen molar-refractivity contribution in [3.8, 4) is 0 Å². The molecule has 4 nitrogen and oxygen atoms in total. The van der Waals surface area contributed by atoms with Gasteiger partial charge in [0.1, 0.15) is 0 Å². The van der Waals surface area contributed by atoms with Gasteiger partial charge in [-0.1, -0.05) is 37.3 Å². The Hall–Kier alpha value is -1.68. The Labute approximate surface area is 107 Å². The number of carbonyl (C=O) groups is 2. The van der Waals surface area contributed by atoms with Crippen LogP contribution in [0.5, 0.6) is 0 Å². The smallest absolute Gasteiger partial charge is 0.232 e. The summed E-state index contributed by atoms with van der Waals surface area (Å²) in [6.45, 7) is 2.09. The van der Waals surface area contributed by atoms with E-state index in [1.165, 1.54) is 4.90 Å². The summed E-state index contributed by atoms with van der Waals surface area (Å²) in [6.07, 6.45) is 0.936. The Kier molecular flexibility index (Phi) is 3.77. The van der Waals surface area contributed by atoms with Crippen LogP contribution in [0.15, 0.2) is 30.3 Å². The molecule has 1 fully saturated rings. The predicted molar refractivity (Wildman–Crippen MR) is 68.6 cm³/mol. The Bertz CT molecular complexity index is 444. The van der Waals surface area contributed by atoms with E-state index in [-0.39, 0.29) is 23.8 Å². The quantitative estimate of drug-likeness (QED) is 0.805. The van der Waals surface area contributed by atoms with Gasteiger partial charge in [-0.15, -0.1) is 0 Å². The van der Waals surface area contributed by atoms with Crippen LogP contribution in [-0.4, -0.2) is 29.3 Å². The lowest BCUT2D eigenvalue weighted by molar-refractivity contribution is -0.141. The first kappa shape index (κ1) is 12.8. The van der Waals surface area contributed by atoms with Gasteiger partial charge in [0.15, 0.2) is 0 Å². The van der Waals surface area contributed by atoms with Gasteiger partial charge in [-0.25, -0.2) is 0 Å². The number of nitrogens with zero attached hydrogens (tertiary/aromatic N) is 1. The molecule has 1 heterocycles. The third-order valence-electron chi connectivity index (χ3n) is 3.36. The van der Waals surface area contributed by atoms with Crippen molar-refractivity contribution in [3.05, 3.63) is 35.9 Å². The number of rotatable bonds is 4. The predicted octanol–water partition coefficient (Wildman–Crippen LogP) is 0.951. The van der Waals surface area contributed by atoms with E-state index in [9.17, 15) is 9.59 Å². The van der Waals surface area contributed by atoms with Gasteiger partial charge in [-0.3, -0.25) is 14.5 Å². The van der Waals surface area contributed by atoms with Crippen molar-refractivity contribution in [1.29, 1.82) is 0 Å². The molecular formula is C14H18N2O2. The molecule has 1 saturated heterocycles. The fourth-order valence-corrected chi connectivity index (χ4v) is 2.36. The molecular weight excluding hydrogens is 228 g/mol. The molecule has 18 heavy (non-hydrogen) atoms. The lowest BCUT2D eigenvalue weighted by atomic mass is 10.0. The molecule has 1 aromatic rings. The number of hydrogen-bond acceptors (Lipinski definition) is 3. The summed E-state index contributed by atoms with van der Waals surface area (Å²) in [4.78, 5) is 25.1. The average Bonchev–Trinajstić information content (AvgIpc) is 2.62. The third kappa shape index (κ3) is 2.43. The fourth-order valence-electron chi connectivity index (χ4n) is 2.36. The second-order valence-corrected chi connectivity index (χ2v) is 4.79. The van der Waals surface area contributed by atoms with E-state index in [4.69, 9.17) is 5.73 Å². The third-order valence-corrected chi connectivity index (χ3v) is 3.36.